The highest BCUT2D eigenvalue weighted by molar-refractivity contribution is 6.31. The molecule has 4 nitrogen and oxygen atoms in total. The highest BCUT2D eigenvalue weighted by Crippen LogP contribution is 2.22. The second-order valence-electron chi connectivity index (χ2n) is 6.80. The van der Waals surface area contributed by atoms with Gasteiger partial charge in [-0.2, -0.15) is 0 Å². The van der Waals surface area contributed by atoms with Crippen LogP contribution in [-0.2, 0) is 0 Å². The van der Waals surface area contributed by atoms with Gasteiger partial charge >= 0.3 is 0 Å². The number of benzene rings is 2. The van der Waals surface area contributed by atoms with Crippen LogP contribution in [0.5, 0.6) is 5.75 Å². The number of aliphatic hydroxyl groups excluding tert-OH is 1. The maximum atomic E-state index is 10.3. The number of rotatable bonds is 6. The van der Waals surface area contributed by atoms with E-state index in [0.29, 0.717) is 18.2 Å². The molecule has 3 rings (SSSR count). The predicted molar refractivity (Wildman–Crippen MR) is 107 cm³/mol. The van der Waals surface area contributed by atoms with Gasteiger partial charge in [0.15, 0.2) is 0 Å². The van der Waals surface area contributed by atoms with Gasteiger partial charge in [0.05, 0.1) is 26.2 Å². The zero-order valence-electron chi connectivity index (χ0n) is 14.9. The number of nitrogens with one attached hydrogen (secondary N) is 1. The maximum absolute atomic E-state index is 10.3. The predicted octanol–water partition coefficient (Wildman–Crippen LogP) is 2.45. The minimum absolute atomic E-state index is 0.296. The van der Waals surface area contributed by atoms with Crippen LogP contribution in [-0.4, -0.2) is 50.5 Å². The molecule has 0 aromatic heterocycles. The molecule has 1 saturated heterocycles. The molecule has 1 aliphatic rings. The molecule has 0 amide bonds. The number of quaternary nitrogens is 1. The molecule has 0 aliphatic carbocycles. The van der Waals surface area contributed by atoms with Gasteiger partial charge in [0.1, 0.15) is 25.0 Å². The summed E-state index contributed by atoms with van der Waals surface area (Å²) in [7, 11) is 0. The molecule has 0 radical (unpaired) electrons. The van der Waals surface area contributed by atoms with Gasteiger partial charge in [0.2, 0.25) is 0 Å². The Morgan fingerprint density at radius 2 is 1.85 bits per heavy atom. The lowest BCUT2D eigenvalue weighted by Crippen LogP contribution is -3.16. The first-order chi connectivity index (χ1) is 12.5. The minimum Gasteiger partial charge on any atom is -0.490 e. The SMILES string of the molecule is Cc1cc(Cl)ccc1OC[C@@H](O)C[NH+]1CCN(c2cccc(Cl)c2)CC1. The van der Waals surface area contributed by atoms with Crippen LogP contribution in [0.15, 0.2) is 42.5 Å². The Morgan fingerprint density at radius 1 is 1.12 bits per heavy atom. The van der Waals surface area contributed by atoms with Gasteiger partial charge in [-0.1, -0.05) is 29.3 Å². The summed E-state index contributed by atoms with van der Waals surface area (Å²) >= 11 is 12.0. The van der Waals surface area contributed by atoms with Gasteiger partial charge in [-0.15, -0.1) is 0 Å². The van der Waals surface area contributed by atoms with Crippen molar-refractivity contribution in [3.05, 3.63) is 58.1 Å². The van der Waals surface area contributed by atoms with E-state index in [1.807, 2.05) is 37.3 Å². The molecular formula is C20H25Cl2N2O2+. The molecule has 2 N–H and O–H groups in total. The van der Waals surface area contributed by atoms with Crippen LogP contribution >= 0.6 is 23.2 Å². The Labute approximate surface area is 164 Å². The lowest BCUT2D eigenvalue weighted by atomic mass is 10.2. The third-order valence-electron chi connectivity index (χ3n) is 4.74. The van der Waals surface area contributed by atoms with Crippen molar-refractivity contribution < 1.29 is 14.7 Å². The van der Waals surface area contributed by atoms with Crippen LogP contribution in [0.4, 0.5) is 5.69 Å². The summed E-state index contributed by atoms with van der Waals surface area (Å²) < 4.78 is 5.75. The van der Waals surface area contributed by atoms with Crippen molar-refractivity contribution in [2.75, 3.05) is 44.2 Å². The van der Waals surface area contributed by atoms with Crippen molar-refractivity contribution in [2.45, 2.75) is 13.0 Å². The second-order valence-corrected chi connectivity index (χ2v) is 7.67. The van der Waals surface area contributed by atoms with Crippen molar-refractivity contribution in [2.24, 2.45) is 0 Å². The minimum atomic E-state index is -0.488. The Bertz CT molecular complexity index is 734. The van der Waals surface area contributed by atoms with Crippen LogP contribution in [0.3, 0.4) is 0 Å². The fourth-order valence-corrected chi connectivity index (χ4v) is 3.72. The third kappa shape index (κ3) is 5.27. The van der Waals surface area contributed by atoms with Gasteiger partial charge in [-0.05, 0) is 48.9 Å². The van der Waals surface area contributed by atoms with Crippen molar-refractivity contribution in [3.63, 3.8) is 0 Å². The van der Waals surface area contributed by atoms with Crippen LogP contribution in [0.2, 0.25) is 10.0 Å². The number of nitrogens with zero attached hydrogens (tertiary/aromatic N) is 1. The average Bonchev–Trinajstić information content (AvgIpc) is 2.61. The van der Waals surface area contributed by atoms with Crippen LogP contribution in [0.1, 0.15) is 5.56 Å². The zero-order chi connectivity index (χ0) is 18.5. The van der Waals surface area contributed by atoms with Crippen LogP contribution in [0.25, 0.3) is 0 Å². The molecule has 0 unspecified atom stereocenters. The number of hydrogen-bond donors (Lipinski definition) is 2. The first-order valence-electron chi connectivity index (χ1n) is 8.92. The van der Waals surface area contributed by atoms with E-state index in [2.05, 4.69) is 11.0 Å². The average molecular weight is 396 g/mol. The van der Waals surface area contributed by atoms with Crippen LogP contribution < -0.4 is 14.5 Å². The number of hydrogen-bond acceptors (Lipinski definition) is 3. The van der Waals surface area contributed by atoms with Crippen molar-refractivity contribution >= 4 is 28.9 Å². The Morgan fingerprint density at radius 3 is 2.54 bits per heavy atom. The van der Waals surface area contributed by atoms with Gasteiger partial charge in [-0.25, -0.2) is 0 Å². The van der Waals surface area contributed by atoms with E-state index >= 15 is 0 Å². The van der Waals surface area contributed by atoms with E-state index < -0.39 is 6.10 Å². The van der Waals surface area contributed by atoms with E-state index in [9.17, 15) is 5.11 Å². The highest BCUT2D eigenvalue weighted by atomic mass is 35.5. The van der Waals surface area contributed by atoms with E-state index in [-0.39, 0.29) is 0 Å². The summed E-state index contributed by atoms with van der Waals surface area (Å²) in [6.45, 7) is 6.83. The molecule has 2 aromatic rings. The molecule has 0 bridgehead atoms. The monoisotopic (exact) mass is 395 g/mol. The molecule has 140 valence electrons. The molecule has 1 fully saturated rings. The number of halogens is 2. The van der Waals surface area contributed by atoms with E-state index in [1.165, 1.54) is 10.6 Å². The zero-order valence-corrected chi connectivity index (χ0v) is 16.4. The highest BCUT2D eigenvalue weighted by Gasteiger charge is 2.23. The topological polar surface area (TPSA) is 37.1 Å². The second kappa shape index (κ2) is 8.96. The fourth-order valence-electron chi connectivity index (χ4n) is 3.31. The first-order valence-corrected chi connectivity index (χ1v) is 9.68. The van der Waals surface area contributed by atoms with E-state index in [0.717, 1.165) is 42.5 Å². The van der Waals surface area contributed by atoms with E-state index in [1.54, 1.807) is 6.07 Å². The van der Waals surface area contributed by atoms with Crippen molar-refractivity contribution in [1.29, 1.82) is 0 Å². The molecular weight excluding hydrogens is 371 g/mol. The largest absolute Gasteiger partial charge is 0.490 e. The molecule has 2 aromatic carbocycles. The standard InChI is InChI=1S/C20H24Cl2N2O2/c1-15-11-17(22)5-6-20(15)26-14-19(25)13-23-7-9-24(10-8-23)18-4-2-3-16(21)12-18/h2-6,11-12,19,25H,7-10,13-14H2,1H3/p+1/t19-/m0/s1. The van der Waals surface area contributed by atoms with Gasteiger partial charge in [-0.3, -0.25) is 0 Å². The summed E-state index contributed by atoms with van der Waals surface area (Å²) in [6, 6.07) is 13.5. The maximum Gasteiger partial charge on any atom is 0.137 e. The van der Waals surface area contributed by atoms with Crippen molar-refractivity contribution in [3.8, 4) is 5.75 Å². The lowest BCUT2D eigenvalue weighted by molar-refractivity contribution is -0.903. The summed E-state index contributed by atoms with van der Waals surface area (Å²) in [5.74, 6) is 0.772. The molecule has 1 atom stereocenters. The Hall–Kier alpha value is -1.46. The van der Waals surface area contributed by atoms with Gasteiger partial charge in [0.25, 0.3) is 0 Å². The Kier molecular flexibility index (Phi) is 6.65. The van der Waals surface area contributed by atoms with Gasteiger partial charge < -0.3 is 19.6 Å². The molecule has 0 saturated carbocycles. The number of ether oxygens (including phenoxy) is 1. The number of piperazine rings is 1. The molecule has 26 heavy (non-hydrogen) atoms. The van der Waals surface area contributed by atoms with Gasteiger partial charge in [0, 0.05) is 15.7 Å². The number of anilines is 1. The summed E-state index contributed by atoms with van der Waals surface area (Å²) in [6.07, 6.45) is -0.488. The van der Waals surface area contributed by atoms with Crippen LogP contribution in [0, 0.1) is 6.92 Å². The smallest absolute Gasteiger partial charge is 0.137 e. The lowest BCUT2D eigenvalue weighted by Gasteiger charge is -2.34. The molecule has 1 heterocycles. The summed E-state index contributed by atoms with van der Waals surface area (Å²) in [4.78, 5) is 3.74. The molecule has 1 aliphatic heterocycles. The number of aryl methyl sites for hydroxylation is 1. The first kappa shape index (κ1) is 19.3. The normalized spacial score (nSPS) is 16.5. The quantitative estimate of drug-likeness (QED) is 0.788. The molecule has 0 spiro atoms. The summed E-state index contributed by atoms with van der Waals surface area (Å²) in [5.41, 5.74) is 2.14. The summed E-state index contributed by atoms with van der Waals surface area (Å²) in [5, 5.41) is 11.8. The molecule has 6 heteroatoms. The van der Waals surface area contributed by atoms with Crippen molar-refractivity contribution in [1.82, 2.24) is 0 Å². The number of aliphatic hydroxyl groups is 1. The Balaban J connectivity index is 1.44. The third-order valence-corrected chi connectivity index (χ3v) is 5.21. The van der Waals surface area contributed by atoms with E-state index in [4.69, 9.17) is 27.9 Å². The fraction of sp³-hybridized carbons (Fsp3) is 0.400.